The lowest BCUT2D eigenvalue weighted by molar-refractivity contribution is 0.360. The van der Waals surface area contributed by atoms with E-state index in [1.807, 2.05) is 26.1 Å². The fourth-order valence-corrected chi connectivity index (χ4v) is 1.10. The van der Waals surface area contributed by atoms with Gasteiger partial charge < -0.3 is 4.52 Å². The van der Waals surface area contributed by atoms with Crippen molar-refractivity contribution < 1.29 is 4.52 Å². The van der Waals surface area contributed by atoms with E-state index in [-0.39, 0.29) is 0 Å². The summed E-state index contributed by atoms with van der Waals surface area (Å²) in [6.07, 6.45) is 3.58. The molecule has 0 aliphatic carbocycles. The van der Waals surface area contributed by atoms with Crippen LogP contribution in [0.3, 0.4) is 0 Å². The minimum Gasteiger partial charge on any atom is -0.337 e. The van der Waals surface area contributed by atoms with Crippen LogP contribution in [0.25, 0.3) is 0 Å². The van der Waals surface area contributed by atoms with Gasteiger partial charge in [-0.1, -0.05) is 19.0 Å². The van der Waals surface area contributed by atoms with E-state index in [9.17, 15) is 0 Å². The highest BCUT2D eigenvalue weighted by atomic mass is 16.5. The van der Waals surface area contributed by atoms with E-state index < -0.39 is 0 Å². The molecule has 0 aliphatic rings. The van der Waals surface area contributed by atoms with Crippen LogP contribution in [-0.2, 0) is 6.54 Å². The van der Waals surface area contributed by atoms with Crippen LogP contribution < -0.4 is 0 Å². The Morgan fingerprint density at radius 3 is 2.93 bits per heavy atom. The number of aromatic nitrogens is 4. The van der Waals surface area contributed by atoms with Gasteiger partial charge in [0.1, 0.15) is 6.54 Å². The Kier molecular flexibility index (Phi) is 2.30. The molecule has 14 heavy (non-hydrogen) atoms. The molecule has 0 bridgehead atoms. The first-order valence-corrected chi connectivity index (χ1v) is 4.55. The molecule has 0 radical (unpaired) electrons. The summed E-state index contributed by atoms with van der Waals surface area (Å²) >= 11 is 0. The molecule has 2 aromatic rings. The third kappa shape index (κ3) is 1.81. The second-order valence-electron chi connectivity index (χ2n) is 3.40. The summed E-state index contributed by atoms with van der Waals surface area (Å²) in [4.78, 5) is 4.25. The van der Waals surface area contributed by atoms with Crippen LogP contribution >= 0.6 is 0 Å². The van der Waals surface area contributed by atoms with Crippen molar-refractivity contribution in [3.63, 3.8) is 0 Å². The highest BCUT2D eigenvalue weighted by molar-refractivity contribution is 4.92. The lowest BCUT2D eigenvalue weighted by Gasteiger charge is -1.94. The Bertz CT molecular complexity index is 391. The number of hydrogen-bond acceptors (Lipinski definition) is 4. The van der Waals surface area contributed by atoms with Crippen LogP contribution in [0.5, 0.6) is 0 Å². The smallest absolute Gasteiger partial charge is 0.248 e. The van der Waals surface area contributed by atoms with E-state index in [0.717, 1.165) is 5.82 Å². The first-order valence-electron chi connectivity index (χ1n) is 4.55. The van der Waals surface area contributed by atoms with Crippen LogP contribution in [0.1, 0.15) is 31.5 Å². The third-order valence-electron chi connectivity index (χ3n) is 1.86. The van der Waals surface area contributed by atoms with Crippen LogP contribution in [-0.4, -0.2) is 19.9 Å². The average molecular weight is 192 g/mol. The van der Waals surface area contributed by atoms with Gasteiger partial charge in [0, 0.05) is 18.3 Å². The molecular formula is C9H12N4O. The van der Waals surface area contributed by atoms with E-state index >= 15 is 0 Å². The molecule has 5 nitrogen and oxygen atoms in total. The minimum absolute atomic E-state index is 0.296. The lowest BCUT2D eigenvalue weighted by Crippen LogP contribution is -2.00. The third-order valence-corrected chi connectivity index (χ3v) is 1.86. The number of nitrogens with zero attached hydrogens (tertiary/aromatic N) is 4. The largest absolute Gasteiger partial charge is 0.337 e. The molecular weight excluding hydrogens is 180 g/mol. The topological polar surface area (TPSA) is 56.7 Å². The summed E-state index contributed by atoms with van der Waals surface area (Å²) in [7, 11) is 0. The van der Waals surface area contributed by atoms with Crippen molar-refractivity contribution in [2.75, 3.05) is 0 Å². The molecule has 0 amide bonds. The molecule has 2 heterocycles. The Labute approximate surface area is 81.7 Å². The van der Waals surface area contributed by atoms with Gasteiger partial charge in [0.05, 0.1) is 0 Å². The molecule has 2 aromatic heterocycles. The molecule has 0 unspecified atom stereocenters. The van der Waals surface area contributed by atoms with Crippen molar-refractivity contribution in [2.45, 2.75) is 26.3 Å². The second-order valence-corrected chi connectivity index (χ2v) is 3.40. The van der Waals surface area contributed by atoms with Crippen molar-refractivity contribution in [3.8, 4) is 0 Å². The van der Waals surface area contributed by atoms with Crippen molar-refractivity contribution in [3.05, 3.63) is 30.2 Å². The van der Waals surface area contributed by atoms with Crippen LogP contribution in [0, 0.1) is 0 Å². The zero-order chi connectivity index (χ0) is 9.97. The molecule has 0 aromatic carbocycles. The van der Waals surface area contributed by atoms with Gasteiger partial charge in [0.2, 0.25) is 5.89 Å². The maximum atomic E-state index is 5.08. The molecule has 0 saturated heterocycles. The quantitative estimate of drug-likeness (QED) is 0.738. The van der Waals surface area contributed by atoms with Crippen molar-refractivity contribution in [2.24, 2.45) is 0 Å². The molecule has 0 atom stereocenters. The van der Waals surface area contributed by atoms with E-state index in [2.05, 4.69) is 15.2 Å². The summed E-state index contributed by atoms with van der Waals surface area (Å²) in [6, 6.07) is 1.86. The standard InChI is InChI=1S/C9H12N4O/c1-7(2)9-11-8(14-12-9)6-13-5-3-4-10-13/h3-5,7H,6H2,1-2H3. The number of rotatable bonds is 3. The fourth-order valence-electron chi connectivity index (χ4n) is 1.10. The second kappa shape index (κ2) is 3.61. The van der Waals surface area contributed by atoms with Crippen LogP contribution in [0.15, 0.2) is 23.0 Å². The highest BCUT2D eigenvalue weighted by Crippen LogP contribution is 2.09. The van der Waals surface area contributed by atoms with E-state index in [1.54, 1.807) is 10.9 Å². The Morgan fingerprint density at radius 2 is 2.36 bits per heavy atom. The summed E-state index contributed by atoms with van der Waals surface area (Å²) in [6.45, 7) is 4.60. The Balaban J connectivity index is 2.11. The van der Waals surface area contributed by atoms with E-state index in [0.29, 0.717) is 18.4 Å². The maximum Gasteiger partial charge on any atom is 0.248 e. The molecule has 2 rings (SSSR count). The van der Waals surface area contributed by atoms with Crippen LogP contribution in [0.2, 0.25) is 0 Å². The zero-order valence-electron chi connectivity index (χ0n) is 8.21. The van der Waals surface area contributed by atoms with Gasteiger partial charge in [-0.3, -0.25) is 4.68 Å². The van der Waals surface area contributed by atoms with Crippen molar-refractivity contribution >= 4 is 0 Å². The average Bonchev–Trinajstić information content (AvgIpc) is 2.75. The Morgan fingerprint density at radius 1 is 1.50 bits per heavy atom. The Hall–Kier alpha value is -1.65. The monoisotopic (exact) mass is 192 g/mol. The van der Waals surface area contributed by atoms with Gasteiger partial charge in [0.15, 0.2) is 5.82 Å². The molecule has 0 saturated carbocycles. The highest BCUT2D eigenvalue weighted by Gasteiger charge is 2.09. The van der Waals surface area contributed by atoms with Crippen molar-refractivity contribution in [1.82, 2.24) is 19.9 Å². The molecule has 0 N–H and O–H groups in total. The first-order chi connectivity index (χ1) is 6.75. The van der Waals surface area contributed by atoms with Gasteiger partial charge in [-0.2, -0.15) is 10.1 Å². The molecule has 0 fully saturated rings. The summed E-state index contributed by atoms with van der Waals surface area (Å²) in [5.74, 6) is 1.63. The SMILES string of the molecule is CC(C)c1noc(Cn2cccn2)n1. The predicted molar refractivity (Wildman–Crippen MR) is 49.7 cm³/mol. The summed E-state index contributed by atoms with van der Waals surface area (Å²) in [5, 5.41) is 7.92. The normalized spacial score (nSPS) is 11.1. The maximum absolute atomic E-state index is 5.08. The van der Waals surface area contributed by atoms with Gasteiger partial charge in [0.25, 0.3) is 0 Å². The zero-order valence-corrected chi connectivity index (χ0v) is 8.21. The fraction of sp³-hybridized carbons (Fsp3) is 0.444. The van der Waals surface area contributed by atoms with Crippen LogP contribution in [0.4, 0.5) is 0 Å². The lowest BCUT2D eigenvalue weighted by atomic mass is 10.2. The molecule has 0 aliphatic heterocycles. The molecule has 0 spiro atoms. The van der Waals surface area contributed by atoms with Gasteiger partial charge >= 0.3 is 0 Å². The predicted octanol–water partition coefficient (Wildman–Crippen LogP) is 1.44. The van der Waals surface area contributed by atoms with Gasteiger partial charge in [-0.05, 0) is 6.07 Å². The molecule has 5 heteroatoms. The summed E-state index contributed by atoms with van der Waals surface area (Å²) in [5.41, 5.74) is 0. The van der Waals surface area contributed by atoms with E-state index in [4.69, 9.17) is 4.52 Å². The first kappa shape index (κ1) is 8.93. The minimum atomic E-state index is 0.296. The van der Waals surface area contributed by atoms with Gasteiger partial charge in [-0.25, -0.2) is 0 Å². The molecule has 74 valence electrons. The van der Waals surface area contributed by atoms with Crippen molar-refractivity contribution in [1.29, 1.82) is 0 Å². The number of hydrogen-bond donors (Lipinski definition) is 0. The van der Waals surface area contributed by atoms with Gasteiger partial charge in [-0.15, -0.1) is 0 Å². The van der Waals surface area contributed by atoms with E-state index in [1.165, 1.54) is 0 Å². The summed E-state index contributed by atoms with van der Waals surface area (Å²) < 4.78 is 6.82.